The van der Waals surface area contributed by atoms with E-state index in [9.17, 15) is 29.1 Å². The first-order chi connectivity index (χ1) is 28.7. The fourth-order valence-electron chi connectivity index (χ4n) is 7.43. The first-order valence-corrected chi connectivity index (χ1v) is 21.9. The normalized spacial score (nSPS) is 20.1. The number of anilines is 3. The van der Waals surface area contributed by atoms with E-state index in [1.54, 1.807) is 0 Å². The number of hydrogen-bond donors (Lipinski definition) is 3. The fraction of sp³-hybridized carbons (Fsp3) is 0.500. The number of esters is 3. The minimum Gasteiger partial charge on any atom is -0.505 e. The number of carbonyl (C=O) groups is 5. The second-order valence-corrected chi connectivity index (χ2v) is 16.7. The number of nitrogens with one attached hydrogen (secondary N) is 2. The monoisotopic (exact) mass is 882 g/mol. The third kappa shape index (κ3) is 13.6. The van der Waals surface area contributed by atoms with E-state index in [0.717, 1.165) is 32.5 Å². The lowest BCUT2D eigenvalue weighted by Crippen LogP contribution is -2.50. The van der Waals surface area contributed by atoms with Crippen molar-refractivity contribution in [3.8, 4) is 5.75 Å². The van der Waals surface area contributed by atoms with Crippen LogP contribution in [-0.4, -0.2) is 90.3 Å². The molecule has 6 atom stereocenters. The van der Waals surface area contributed by atoms with Gasteiger partial charge in [0.2, 0.25) is 6.41 Å². The maximum absolute atomic E-state index is 13.3. The van der Waals surface area contributed by atoms with Gasteiger partial charge in [-0.3, -0.25) is 24.1 Å². The van der Waals surface area contributed by atoms with E-state index < -0.39 is 59.8 Å². The first-order valence-electron chi connectivity index (χ1n) is 21.0. The average Bonchev–Trinajstić information content (AvgIpc) is 3.24. The Morgan fingerprint density at radius 2 is 1.49 bits per heavy atom. The molecule has 2 heterocycles. The van der Waals surface area contributed by atoms with Gasteiger partial charge < -0.3 is 34.9 Å². The summed E-state index contributed by atoms with van der Waals surface area (Å²) in [6, 6.07) is 20.7. The number of phenolic OH excluding ortho intramolecular Hbond substituents is 1. The Morgan fingerprint density at radius 1 is 0.885 bits per heavy atom. The number of ether oxygens (including phenoxy) is 3. The second kappa shape index (κ2) is 24.6. The third-order valence-electron chi connectivity index (χ3n) is 10.6. The van der Waals surface area contributed by atoms with Gasteiger partial charge in [-0.05, 0) is 82.6 Å². The van der Waals surface area contributed by atoms with Gasteiger partial charge in [-0.1, -0.05) is 96.0 Å². The van der Waals surface area contributed by atoms with Crippen molar-refractivity contribution in [1.29, 1.82) is 0 Å². The van der Waals surface area contributed by atoms with Crippen LogP contribution in [0.15, 0.2) is 76.5 Å². The van der Waals surface area contributed by atoms with Crippen molar-refractivity contribution in [2.75, 3.05) is 29.9 Å². The van der Waals surface area contributed by atoms with Crippen molar-refractivity contribution in [3.05, 3.63) is 72.3 Å². The van der Waals surface area contributed by atoms with Crippen LogP contribution in [-0.2, 0) is 33.4 Å². The van der Waals surface area contributed by atoms with Crippen molar-refractivity contribution in [2.45, 2.75) is 128 Å². The first kappa shape index (κ1) is 50.6. The zero-order valence-corrected chi connectivity index (χ0v) is 38.2. The van der Waals surface area contributed by atoms with E-state index in [1.807, 2.05) is 32.5 Å². The molecule has 15 heteroatoms. The Kier molecular flexibility index (Phi) is 20.4. The van der Waals surface area contributed by atoms with E-state index in [1.165, 1.54) is 53.2 Å². The molecule has 334 valence electrons. The highest BCUT2D eigenvalue weighted by atomic mass is 35.5. The summed E-state index contributed by atoms with van der Waals surface area (Å²) in [7, 11) is 0. The molecule has 1 saturated heterocycles. The maximum atomic E-state index is 13.3. The third-order valence-corrected chi connectivity index (χ3v) is 11.8. The number of rotatable bonds is 16. The number of amides is 2. The highest BCUT2D eigenvalue weighted by Crippen LogP contribution is 2.48. The SMILES string of the molecule is CCCCCC1C(=O)OC(C)C(NC(=O)c2cccc(NC=O)c2O)C(=O)OC(C)C1OC(=O)CC(C)C.CCN(CC)C(C)CN1c2ccccc2Sc2ccccc21.Cl. The summed E-state index contributed by atoms with van der Waals surface area (Å²) in [5.41, 5.74) is 2.46. The van der Waals surface area contributed by atoms with Crippen LogP contribution < -0.4 is 15.5 Å². The number of para-hydroxylation sites is 3. The van der Waals surface area contributed by atoms with Crippen LogP contribution >= 0.6 is 24.2 Å². The van der Waals surface area contributed by atoms with Crippen molar-refractivity contribution in [3.63, 3.8) is 0 Å². The summed E-state index contributed by atoms with van der Waals surface area (Å²) in [5, 5.41) is 15.1. The van der Waals surface area contributed by atoms with Gasteiger partial charge in [-0.2, -0.15) is 0 Å². The molecule has 0 spiro atoms. The summed E-state index contributed by atoms with van der Waals surface area (Å²) in [4.78, 5) is 70.4. The molecule has 3 aromatic carbocycles. The average molecular weight is 884 g/mol. The van der Waals surface area contributed by atoms with Crippen molar-refractivity contribution < 1.29 is 43.3 Å². The molecule has 0 aromatic heterocycles. The van der Waals surface area contributed by atoms with Gasteiger partial charge in [0.15, 0.2) is 17.9 Å². The number of fused-ring (bicyclic) bond motifs is 2. The lowest BCUT2D eigenvalue weighted by Gasteiger charge is -2.37. The van der Waals surface area contributed by atoms with Crippen molar-refractivity contribution in [1.82, 2.24) is 10.2 Å². The summed E-state index contributed by atoms with van der Waals surface area (Å²) in [6.07, 6.45) is 0.0639. The van der Waals surface area contributed by atoms with Crippen LogP contribution in [0.4, 0.5) is 17.1 Å². The zero-order chi connectivity index (χ0) is 43.9. The highest BCUT2D eigenvalue weighted by molar-refractivity contribution is 7.99. The Balaban J connectivity index is 0.000000364. The summed E-state index contributed by atoms with van der Waals surface area (Å²) >= 11 is 1.88. The Hall–Kier alpha value is -4.79. The molecule has 3 N–H and O–H groups in total. The van der Waals surface area contributed by atoms with Gasteiger partial charge in [0.05, 0.1) is 28.5 Å². The molecule has 61 heavy (non-hydrogen) atoms. The van der Waals surface area contributed by atoms with E-state index in [2.05, 4.69) is 89.7 Å². The van der Waals surface area contributed by atoms with E-state index in [4.69, 9.17) is 14.2 Å². The van der Waals surface area contributed by atoms with Crippen LogP contribution in [0.1, 0.15) is 97.9 Å². The molecule has 6 unspecified atom stereocenters. The molecular formula is C46H63ClN4O9S. The summed E-state index contributed by atoms with van der Waals surface area (Å²) in [5.74, 6) is -4.27. The zero-order valence-electron chi connectivity index (χ0n) is 36.6. The molecule has 0 aliphatic carbocycles. The number of phenols is 1. The molecule has 2 amide bonds. The van der Waals surface area contributed by atoms with Crippen LogP contribution in [0.2, 0.25) is 0 Å². The van der Waals surface area contributed by atoms with Gasteiger partial charge in [0.25, 0.3) is 5.91 Å². The Morgan fingerprint density at radius 3 is 2.07 bits per heavy atom. The topological polar surface area (TPSA) is 164 Å². The van der Waals surface area contributed by atoms with E-state index in [0.29, 0.717) is 25.3 Å². The lowest BCUT2D eigenvalue weighted by molar-refractivity contribution is -0.175. The maximum Gasteiger partial charge on any atom is 0.332 e. The number of benzene rings is 3. The van der Waals surface area contributed by atoms with Crippen LogP contribution in [0.5, 0.6) is 5.75 Å². The lowest BCUT2D eigenvalue weighted by atomic mass is 9.92. The summed E-state index contributed by atoms with van der Waals surface area (Å²) in [6.45, 7) is 18.7. The van der Waals surface area contributed by atoms with Crippen molar-refractivity contribution in [2.24, 2.45) is 11.8 Å². The fourth-order valence-corrected chi connectivity index (χ4v) is 8.52. The number of likely N-dealkylation sites (N-methyl/N-ethyl adjacent to an activating group) is 1. The van der Waals surface area contributed by atoms with Crippen molar-refractivity contribution >= 4 is 71.5 Å². The summed E-state index contributed by atoms with van der Waals surface area (Å²) < 4.78 is 16.9. The van der Waals surface area contributed by atoms with Gasteiger partial charge in [0.1, 0.15) is 12.2 Å². The number of cyclic esters (lactones) is 2. The molecule has 0 radical (unpaired) electrons. The van der Waals surface area contributed by atoms with Crippen LogP contribution in [0, 0.1) is 11.8 Å². The van der Waals surface area contributed by atoms with Crippen LogP contribution in [0.25, 0.3) is 0 Å². The number of hydrogen-bond acceptors (Lipinski definition) is 12. The predicted octanol–water partition coefficient (Wildman–Crippen LogP) is 8.53. The molecule has 3 aromatic rings. The van der Waals surface area contributed by atoms with E-state index >= 15 is 0 Å². The number of halogens is 1. The minimum atomic E-state index is -1.42. The highest BCUT2D eigenvalue weighted by Gasteiger charge is 2.44. The molecule has 0 bridgehead atoms. The standard InChI is InChI=1S/C27H38N2O9.C19H24N2S.ClH/c1-6-7-8-10-19-24(38-21(31)13-15(2)3)17(5)37-27(35)22(16(4)36-26(19)34)29-25(33)18-11-9-12-20(23(18)32)28-14-30;1-4-20(5-2)15(3)14-21-16-10-6-8-12-18(16)22-19-13-9-7-11-17(19)21;/h9,11-12,14-17,19,22,24,32H,6-8,10,13H2,1-5H3,(H,28,30)(H,29,33);6-13,15H,4-5,14H2,1-3H3;1H. The molecule has 2 aliphatic rings. The number of unbranched alkanes of at least 4 members (excludes halogenated alkanes) is 2. The number of nitrogens with zero attached hydrogens (tertiary/aromatic N) is 2. The Bertz CT molecular complexity index is 1880. The minimum absolute atomic E-state index is 0. The Labute approximate surface area is 371 Å². The second-order valence-electron chi connectivity index (χ2n) is 15.6. The molecule has 13 nitrogen and oxygen atoms in total. The predicted molar refractivity (Wildman–Crippen MR) is 241 cm³/mol. The molecular weight excluding hydrogens is 820 g/mol. The van der Waals surface area contributed by atoms with Gasteiger partial charge in [-0.15, -0.1) is 12.4 Å². The quantitative estimate of drug-likeness (QED) is 0.0414. The van der Waals surface area contributed by atoms with Gasteiger partial charge >= 0.3 is 17.9 Å². The van der Waals surface area contributed by atoms with Gasteiger partial charge in [-0.25, -0.2) is 4.79 Å². The smallest absolute Gasteiger partial charge is 0.332 e. The molecule has 1 fully saturated rings. The number of carbonyl (C=O) groups excluding carboxylic acids is 5. The largest absolute Gasteiger partial charge is 0.505 e. The van der Waals surface area contributed by atoms with Gasteiger partial charge in [0, 0.05) is 28.8 Å². The molecule has 5 rings (SSSR count). The van der Waals surface area contributed by atoms with Crippen LogP contribution in [0.3, 0.4) is 0 Å². The molecule has 2 aliphatic heterocycles. The molecule has 0 saturated carbocycles. The van der Waals surface area contributed by atoms with E-state index in [-0.39, 0.29) is 36.0 Å². The number of aromatic hydroxyl groups is 1.